The molecule has 4 nitrogen and oxygen atoms in total. The number of benzene rings is 1. The van der Waals surface area contributed by atoms with Gasteiger partial charge in [0, 0.05) is 5.56 Å². The van der Waals surface area contributed by atoms with E-state index in [9.17, 15) is 9.11 Å². The van der Waals surface area contributed by atoms with E-state index in [-0.39, 0.29) is 0 Å². The van der Waals surface area contributed by atoms with E-state index in [2.05, 4.69) is 15.6 Å². The maximum atomic E-state index is 9.54. The smallest absolute Gasteiger partial charge is 0.113 e. The van der Waals surface area contributed by atoms with Gasteiger partial charge in [-0.1, -0.05) is 16.7 Å². The van der Waals surface area contributed by atoms with Crippen LogP contribution in [0, 0.1) is 12.3 Å². The number of hydrogen-bond acceptors (Lipinski definition) is 4. The summed E-state index contributed by atoms with van der Waals surface area (Å²) in [6.07, 6.45) is 6.48. The first-order valence-corrected chi connectivity index (χ1v) is 5.33. The largest absolute Gasteiger partial charge is 0.343 e. The van der Waals surface area contributed by atoms with E-state index >= 15 is 0 Å². The summed E-state index contributed by atoms with van der Waals surface area (Å²) in [6.45, 7) is 0. The highest BCUT2D eigenvalue weighted by Crippen LogP contribution is 2.54. The molecule has 0 spiro atoms. The average molecular weight is 208 g/mol. The van der Waals surface area contributed by atoms with Gasteiger partial charge in [0.05, 0.1) is 5.69 Å². The lowest BCUT2D eigenvalue weighted by atomic mass is 10.2. The molecule has 2 rings (SSSR count). The Morgan fingerprint density at radius 3 is 2.93 bits per heavy atom. The van der Waals surface area contributed by atoms with Gasteiger partial charge >= 0.3 is 0 Å². The van der Waals surface area contributed by atoms with Gasteiger partial charge in [0.15, 0.2) is 0 Å². The quantitative estimate of drug-likeness (QED) is 0.572. The van der Waals surface area contributed by atoms with Crippen LogP contribution in [-0.2, 0) is 0 Å². The predicted molar refractivity (Wildman–Crippen MR) is 57.6 cm³/mol. The average Bonchev–Trinajstić information content (AvgIpc) is 2.16. The van der Waals surface area contributed by atoms with Crippen molar-refractivity contribution in [3.05, 3.63) is 23.8 Å². The first-order valence-electron chi connectivity index (χ1n) is 3.83. The molecule has 0 aliphatic carbocycles. The van der Waals surface area contributed by atoms with Crippen molar-refractivity contribution >= 4 is 22.8 Å². The highest BCUT2D eigenvalue weighted by Gasteiger charge is 2.21. The second-order valence-electron chi connectivity index (χ2n) is 2.75. The van der Waals surface area contributed by atoms with Gasteiger partial charge in [0.1, 0.15) is 11.2 Å². The number of nitrogens with one attached hydrogen (secondary N) is 1. The normalized spacial score (nSPS) is 18.9. The molecule has 0 saturated heterocycles. The van der Waals surface area contributed by atoms with Crippen molar-refractivity contribution in [3.8, 4) is 12.3 Å². The van der Waals surface area contributed by atoms with Gasteiger partial charge in [-0.05, 0) is 18.2 Å². The highest BCUT2D eigenvalue weighted by molar-refractivity contribution is 8.23. The third-order valence-corrected chi connectivity index (χ3v) is 3.21. The summed E-state index contributed by atoms with van der Waals surface area (Å²) in [5.41, 5.74) is 1.28. The molecule has 1 aliphatic rings. The third kappa shape index (κ3) is 1.36. The Balaban J connectivity index is 2.57. The topological polar surface area (TPSA) is 64.9 Å². The summed E-state index contributed by atoms with van der Waals surface area (Å²) >= 11 is 0. The second kappa shape index (κ2) is 3.03. The van der Waals surface area contributed by atoms with E-state index in [1.54, 1.807) is 18.2 Å². The standard InChI is InChI=1S/C9H8N2O2S/c1-2-7-3-4-9-8(5-7)10-6-11-14(9,12)13/h1,3-6,12-13H,(H,10,11). The Kier molecular flexibility index (Phi) is 1.97. The van der Waals surface area contributed by atoms with Crippen molar-refractivity contribution in [2.45, 2.75) is 4.90 Å². The fourth-order valence-corrected chi connectivity index (χ4v) is 2.17. The summed E-state index contributed by atoms with van der Waals surface area (Å²) in [5, 5.41) is 2.81. The molecule has 14 heavy (non-hydrogen) atoms. The van der Waals surface area contributed by atoms with Crippen LogP contribution in [0.2, 0.25) is 0 Å². The number of anilines is 1. The molecule has 1 heterocycles. The van der Waals surface area contributed by atoms with Crippen LogP contribution in [0.1, 0.15) is 5.56 Å². The molecule has 0 aromatic heterocycles. The molecular formula is C9H8N2O2S. The van der Waals surface area contributed by atoms with Crippen LogP contribution in [0.5, 0.6) is 0 Å². The highest BCUT2D eigenvalue weighted by atomic mass is 32.3. The van der Waals surface area contributed by atoms with Gasteiger partial charge in [-0.25, -0.2) is 0 Å². The molecule has 3 N–H and O–H groups in total. The molecule has 0 bridgehead atoms. The van der Waals surface area contributed by atoms with Crippen LogP contribution >= 0.6 is 10.8 Å². The molecule has 0 atom stereocenters. The zero-order valence-electron chi connectivity index (χ0n) is 7.14. The van der Waals surface area contributed by atoms with Crippen molar-refractivity contribution in [3.63, 3.8) is 0 Å². The summed E-state index contributed by atoms with van der Waals surface area (Å²) in [7, 11) is -3.03. The fraction of sp³-hybridized carbons (Fsp3) is 0. The number of hydrogen-bond donors (Lipinski definition) is 3. The summed E-state index contributed by atoms with van der Waals surface area (Å²) in [4.78, 5) is 0.374. The molecule has 1 aromatic rings. The monoisotopic (exact) mass is 208 g/mol. The van der Waals surface area contributed by atoms with Crippen LogP contribution in [0.4, 0.5) is 5.69 Å². The number of fused-ring (bicyclic) bond motifs is 1. The molecular weight excluding hydrogens is 200 g/mol. The minimum absolute atomic E-state index is 0.374. The molecule has 0 amide bonds. The lowest BCUT2D eigenvalue weighted by Crippen LogP contribution is -2.09. The first kappa shape index (κ1) is 9.09. The Labute approximate surface area is 83.2 Å². The third-order valence-electron chi connectivity index (χ3n) is 1.86. The van der Waals surface area contributed by atoms with E-state index in [4.69, 9.17) is 6.42 Å². The van der Waals surface area contributed by atoms with Crippen molar-refractivity contribution in [2.75, 3.05) is 5.32 Å². The fourth-order valence-electron chi connectivity index (χ4n) is 1.20. The molecule has 1 aliphatic heterocycles. The zero-order chi connectivity index (χ0) is 10.2. The lowest BCUT2D eigenvalue weighted by molar-refractivity contribution is 0.489. The predicted octanol–water partition coefficient (Wildman–Crippen LogP) is 2.15. The zero-order valence-corrected chi connectivity index (χ0v) is 7.95. The SMILES string of the molecule is C#Cc1ccc2c(c1)NC=NS2(O)O. The van der Waals surface area contributed by atoms with Gasteiger partial charge in [-0.3, -0.25) is 9.11 Å². The molecule has 0 fully saturated rings. The van der Waals surface area contributed by atoms with Crippen molar-refractivity contribution < 1.29 is 9.11 Å². The van der Waals surface area contributed by atoms with Crippen LogP contribution in [-0.4, -0.2) is 15.4 Å². The van der Waals surface area contributed by atoms with Crippen molar-refractivity contribution in [2.24, 2.45) is 4.40 Å². The maximum Gasteiger partial charge on any atom is 0.113 e. The van der Waals surface area contributed by atoms with E-state index in [1.807, 2.05) is 0 Å². The van der Waals surface area contributed by atoms with Gasteiger partial charge in [-0.2, -0.15) is 0 Å². The number of nitrogens with zero attached hydrogens (tertiary/aromatic N) is 1. The van der Waals surface area contributed by atoms with Crippen molar-refractivity contribution in [1.29, 1.82) is 0 Å². The molecule has 0 saturated carbocycles. The summed E-state index contributed by atoms with van der Waals surface area (Å²) in [5.74, 6) is 2.47. The maximum absolute atomic E-state index is 9.54. The molecule has 0 unspecified atom stereocenters. The van der Waals surface area contributed by atoms with Crippen LogP contribution in [0.3, 0.4) is 0 Å². The van der Waals surface area contributed by atoms with Gasteiger partial charge < -0.3 is 5.32 Å². The molecule has 5 heteroatoms. The Morgan fingerprint density at radius 2 is 2.21 bits per heavy atom. The van der Waals surface area contributed by atoms with Crippen molar-refractivity contribution in [1.82, 2.24) is 0 Å². The summed E-state index contributed by atoms with van der Waals surface area (Å²) in [6, 6.07) is 4.90. The van der Waals surface area contributed by atoms with E-state index in [1.165, 1.54) is 6.34 Å². The van der Waals surface area contributed by atoms with Gasteiger partial charge in [0.25, 0.3) is 0 Å². The van der Waals surface area contributed by atoms with Gasteiger partial charge in [-0.15, -0.1) is 10.8 Å². The Hall–Kier alpha value is -1.48. The first-order chi connectivity index (χ1) is 6.63. The minimum Gasteiger partial charge on any atom is -0.343 e. The van der Waals surface area contributed by atoms with E-state index in [0.29, 0.717) is 16.1 Å². The Bertz CT molecular complexity index is 449. The molecule has 0 radical (unpaired) electrons. The number of rotatable bonds is 0. The molecule has 72 valence electrons. The minimum atomic E-state index is -3.03. The molecule has 1 aromatic carbocycles. The van der Waals surface area contributed by atoms with E-state index < -0.39 is 10.8 Å². The van der Waals surface area contributed by atoms with Crippen LogP contribution in [0.15, 0.2) is 27.5 Å². The number of terminal acetylenes is 1. The van der Waals surface area contributed by atoms with Crippen LogP contribution in [0.25, 0.3) is 0 Å². The Morgan fingerprint density at radius 1 is 1.43 bits per heavy atom. The van der Waals surface area contributed by atoms with Gasteiger partial charge in [0.2, 0.25) is 0 Å². The second-order valence-corrected chi connectivity index (χ2v) is 4.44. The van der Waals surface area contributed by atoms with Crippen LogP contribution < -0.4 is 5.32 Å². The van der Waals surface area contributed by atoms with E-state index in [0.717, 1.165) is 0 Å². The summed E-state index contributed by atoms with van der Waals surface area (Å²) < 4.78 is 22.6. The lowest BCUT2D eigenvalue weighted by Gasteiger charge is -2.31.